The summed E-state index contributed by atoms with van der Waals surface area (Å²) in [6, 6.07) is 3.36. The van der Waals surface area contributed by atoms with Crippen LogP contribution in [-0.4, -0.2) is 25.6 Å². The first-order valence-corrected chi connectivity index (χ1v) is 8.05. The molecule has 0 spiro atoms. The van der Waals surface area contributed by atoms with Crippen molar-refractivity contribution < 1.29 is 0 Å². The zero-order valence-corrected chi connectivity index (χ0v) is 13.2. The van der Waals surface area contributed by atoms with E-state index in [1.54, 1.807) is 12.1 Å². The van der Waals surface area contributed by atoms with Gasteiger partial charge in [-0.1, -0.05) is 19.3 Å². The molecule has 7 nitrogen and oxygen atoms in total. The lowest BCUT2D eigenvalue weighted by Gasteiger charge is -2.28. The molecule has 1 saturated carbocycles. The highest BCUT2D eigenvalue weighted by Gasteiger charge is 2.21. The quantitative estimate of drug-likeness (QED) is 0.896. The Morgan fingerprint density at radius 1 is 1.22 bits per heavy atom. The van der Waals surface area contributed by atoms with Gasteiger partial charge in [0.25, 0.3) is 0 Å². The van der Waals surface area contributed by atoms with Crippen molar-refractivity contribution >= 4 is 5.95 Å². The molecule has 1 aliphatic carbocycles. The maximum absolute atomic E-state index is 12.2. The smallest absolute Gasteiger partial charge is 0.353 e. The van der Waals surface area contributed by atoms with Gasteiger partial charge in [-0.3, -0.25) is 9.97 Å². The normalized spacial score (nSPS) is 16.9. The highest BCUT2D eigenvalue weighted by atomic mass is 16.2. The van der Waals surface area contributed by atoms with Gasteiger partial charge in [0.2, 0.25) is 5.95 Å². The lowest BCUT2D eigenvalue weighted by Crippen LogP contribution is -2.38. The van der Waals surface area contributed by atoms with Crippen LogP contribution < -0.4 is 16.7 Å². The summed E-state index contributed by atoms with van der Waals surface area (Å²) < 4.78 is 0.998. The lowest BCUT2D eigenvalue weighted by molar-refractivity contribution is 0.327. The van der Waals surface area contributed by atoms with Gasteiger partial charge >= 0.3 is 11.4 Å². The molecule has 0 unspecified atom stereocenters. The summed E-state index contributed by atoms with van der Waals surface area (Å²) in [6.07, 6.45) is 9.17. The Morgan fingerprint density at radius 3 is 2.57 bits per heavy atom. The fourth-order valence-corrected chi connectivity index (χ4v) is 3.17. The summed E-state index contributed by atoms with van der Waals surface area (Å²) in [7, 11) is 0. The Labute approximate surface area is 133 Å². The summed E-state index contributed by atoms with van der Waals surface area (Å²) in [6.45, 7) is 2.07. The molecule has 0 aliphatic heterocycles. The second kappa shape index (κ2) is 6.76. The van der Waals surface area contributed by atoms with Crippen molar-refractivity contribution in [3.63, 3.8) is 0 Å². The number of H-pyrrole nitrogens is 1. The molecule has 0 bridgehead atoms. The van der Waals surface area contributed by atoms with Crippen molar-refractivity contribution in [3.05, 3.63) is 45.5 Å². The Balaban J connectivity index is 1.82. The molecule has 1 fully saturated rings. The van der Waals surface area contributed by atoms with Gasteiger partial charge in [0.05, 0.1) is 5.69 Å². The fraction of sp³-hybridized carbons (Fsp3) is 0.500. The van der Waals surface area contributed by atoms with E-state index in [1.165, 1.54) is 44.5 Å². The number of aromatic nitrogens is 4. The average Bonchev–Trinajstić information content (AvgIpc) is 2.56. The van der Waals surface area contributed by atoms with Crippen LogP contribution in [0.5, 0.6) is 0 Å². The third-order valence-electron chi connectivity index (χ3n) is 4.47. The van der Waals surface area contributed by atoms with Gasteiger partial charge in [-0.2, -0.15) is 4.98 Å². The van der Waals surface area contributed by atoms with E-state index in [4.69, 9.17) is 0 Å². The number of hydrogen-bond donors (Lipinski definition) is 2. The largest absolute Gasteiger partial charge is 0.359 e. The van der Waals surface area contributed by atoms with Crippen LogP contribution in [0.4, 0.5) is 5.95 Å². The second-order valence-electron chi connectivity index (χ2n) is 6.05. The molecule has 2 N–H and O–H groups in total. The van der Waals surface area contributed by atoms with E-state index in [9.17, 15) is 9.59 Å². The number of anilines is 1. The van der Waals surface area contributed by atoms with Crippen LogP contribution >= 0.6 is 0 Å². The third-order valence-corrected chi connectivity index (χ3v) is 4.47. The monoisotopic (exact) mass is 315 g/mol. The summed E-state index contributed by atoms with van der Waals surface area (Å²) in [5.74, 6) is 0.792. The molecular formula is C16H21N5O2. The van der Waals surface area contributed by atoms with E-state index in [-0.39, 0.29) is 12.0 Å². The van der Waals surface area contributed by atoms with Crippen LogP contribution in [0.1, 0.15) is 39.0 Å². The van der Waals surface area contributed by atoms with Crippen LogP contribution in [-0.2, 0) is 0 Å². The molecule has 0 saturated heterocycles. The summed E-state index contributed by atoms with van der Waals surface area (Å²) in [5, 5.41) is 3.18. The summed E-state index contributed by atoms with van der Waals surface area (Å²) in [4.78, 5) is 34.9. The Kier molecular flexibility index (Phi) is 4.55. The van der Waals surface area contributed by atoms with Crippen LogP contribution in [0.25, 0.3) is 5.69 Å². The van der Waals surface area contributed by atoms with E-state index in [1.807, 2.05) is 0 Å². The van der Waals surface area contributed by atoms with Crippen molar-refractivity contribution in [2.75, 3.05) is 5.32 Å². The number of nitrogens with zero attached hydrogens (tertiary/aromatic N) is 3. The minimum absolute atomic E-state index is 0.176. The van der Waals surface area contributed by atoms with Gasteiger partial charge < -0.3 is 5.32 Å². The third kappa shape index (κ3) is 3.49. The lowest BCUT2D eigenvalue weighted by atomic mass is 9.85. The molecule has 2 aromatic heterocycles. The topological polar surface area (TPSA) is 92.7 Å². The highest BCUT2D eigenvalue weighted by Crippen LogP contribution is 2.27. The second-order valence-corrected chi connectivity index (χ2v) is 6.05. The van der Waals surface area contributed by atoms with Crippen molar-refractivity contribution in [2.45, 2.75) is 45.1 Å². The molecule has 0 amide bonds. The standard InChI is InChI=1S/C16H21N5O2/c1-11(12-5-3-2-4-6-12)18-14-19-15(22)21(16(23)20-14)13-7-9-17-10-8-13/h7-12H,2-6H2,1H3,(H2,18,19,20,22,23)/t11-/m0/s1. The van der Waals surface area contributed by atoms with Gasteiger partial charge in [-0.25, -0.2) is 14.2 Å². The Bertz CT molecular complexity index is 731. The first kappa shape index (κ1) is 15.5. The first-order valence-electron chi connectivity index (χ1n) is 8.05. The maximum Gasteiger partial charge on any atom is 0.359 e. The van der Waals surface area contributed by atoms with Crippen molar-refractivity contribution in [2.24, 2.45) is 5.92 Å². The molecule has 0 aromatic carbocycles. The average molecular weight is 315 g/mol. The Morgan fingerprint density at radius 2 is 1.91 bits per heavy atom. The summed E-state index contributed by atoms with van der Waals surface area (Å²) >= 11 is 0. The van der Waals surface area contributed by atoms with Gasteiger partial charge in [0.1, 0.15) is 0 Å². The van der Waals surface area contributed by atoms with Gasteiger partial charge in [-0.15, -0.1) is 0 Å². The molecule has 122 valence electrons. The fourth-order valence-electron chi connectivity index (χ4n) is 3.17. The van der Waals surface area contributed by atoms with Crippen LogP contribution in [0.15, 0.2) is 34.1 Å². The molecular weight excluding hydrogens is 294 g/mol. The van der Waals surface area contributed by atoms with Gasteiger partial charge in [-0.05, 0) is 37.8 Å². The molecule has 23 heavy (non-hydrogen) atoms. The van der Waals surface area contributed by atoms with E-state index in [0.717, 1.165) is 4.57 Å². The summed E-state index contributed by atoms with van der Waals surface area (Å²) in [5.41, 5.74) is -0.654. The van der Waals surface area contributed by atoms with Crippen LogP contribution in [0.2, 0.25) is 0 Å². The van der Waals surface area contributed by atoms with E-state index in [0.29, 0.717) is 11.6 Å². The van der Waals surface area contributed by atoms with Crippen molar-refractivity contribution in [1.29, 1.82) is 0 Å². The SMILES string of the molecule is C[C@H](Nc1nc(=O)n(-c2ccncc2)c(=O)[nH]1)C1CCCCC1. The molecule has 1 aliphatic rings. The molecule has 2 aromatic rings. The molecule has 0 radical (unpaired) electrons. The predicted octanol–water partition coefficient (Wildman–Crippen LogP) is 1.70. The number of rotatable bonds is 4. The van der Waals surface area contributed by atoms with Gasteiger partial charge in [0, 0.05) is 18.4 Å². The maximum atomic E-state index is 12.2. The van der Waals surface area contributed by atoms with Gasteiger partial charge in [0.15, 0.2) is 0 Å². The zero-order valence-electron chi connectivity index (χ0n) is 13.2. The molecule has 3 rings (SSSR count). The number of aromatic amines is 1. The van der Waals surface area contributed by atoms with Crippen LogP contribution in [0.3, 0.4) is 0 Å². The van der Waals surface area contributed by atoms with E-state index >= 15 is 0 Å². The van der Waals surface area contributed by atoms with E-state index < -0.39 is 11.4 Å². The minimum atomic E-state index is -0.599. The predicted molar refractivity (Wildman–Crippen MR) is 87.9 cm³/mol. The zero-order chi connectivity index (χ0) is 16.2. The van der Waals surface area contributed by atoms with Crippen molar-refractivity contribution in [3.8, 4) is 5.69 Å². The van der Waals surface area contributed by atoms with Crippen LogP contribution in [0, 0.1) is 5.92 Å². The first-order chi connectivity index (χ1) is 11.1. The molecule has 2 heterocycles. The minimum Gasteiger partial charge on any atom is -0.353 e. The number of hydrogen-bond acceptors (Lipinski definition) is 5. The van der Waals surface area contributed by atoms with E-state index in [2.05, 4.69) is 27.2 Å². The highest BCUT2D eigenvalue weighted by molar-refractivity contribution is 5.30. The van der Waals surface area contributed by atoms with Crippen molar-refractivity contribution in [1.82, 2.24) is 19.5 Å². The number of nitrogens with one attached hydrogen (secondary N) is 2. The molecule has 7 heteroatoms. The Hall–Kier alpha value is -2.44. The molecule has 1 atom stereocenters. The number of pyridine rings is 1.